The number of aliphatic hydroxyl groups excluding tert-OH is 2. The lowest BCUT2D eigenvalue weighted by atomic mass is 9.89. The van der Waals surface area contributed by atoms with Gasteiger partial charge in [-0.15, -0.1) is 0 Å². The van der Waals surface area contributed by atoms with E-state index in [1.807, 2.05) is 30.3 Å². The SMILES string of the molecule is O=C(O[C@H]1CC[C@H](OCc2ccccc2)[C@@H](O)[C@H]1O)c1ccc(Br)cc1. The van der Waals surface area contributed by atoms with Crippen LogP contribution in [0, 0.1) is 0 Å². The van der Waals surface area contributed by atoms with Crippen LogP contribution in [0.4, 0.5) is 0 Å². The average Bonchev–Trinajstić information content (AvgIpc) is 2.66. The van der Waals surface area contributed by atoms with E-state index in [1.165, 1.54) is 0 Å². The summed E-state index contributed by atoms with van der Waals surface area (Å²) in [6.07, 6.45) is -2.59. The highest BCUT2D eigenvalue weighted by Gasteiger charge is 2.40. The van der Waals surface area contributed by atoms with Crippen LogP contribution in [0.5, 0.6) is 0 Å². The number of aliphatic hydroxyl groups is 2. The van der Waals surface area contributed by atoms with Crippen LogP contribution in [0.1, 0.15) is 28.8 Å². The van der Waals surface area contributed by atoms with Gasteiger partial charge in [-0.25, -0.2) is 4.79 Å². The lowest BCUT2D eigenvalue weighted by Crippen LogP contribution is -2.51. The Bertz CT molecular complexity index is 719. The van der Waals surface area contributed by atoms with Gasteiger partial charge in [0.05, 0.1) is 18.3 Å². The number of carbonyl (C=O) groups excluding carboxylic acids is 1. The quantitative estimate of drug-likeness (QED) is 0.726. The summed E-state index contributed by atoms with van der Waals surface area (Å²) in [5, 5.41) is 20.7. The van der Waals surface area contributed by atoms with E-state index in [0.717, 1.165) is 10.0 Å². The molecule has 1 saturated carbocycles. The molecule has 0 aromatic heterocycles. The molecule has 4 atom stereocenters. The van der Waals surface area contributed by atoms with Crippen molar-refractivity contribution in [1.82, 2.24) is 0 Å². The summed E-state index contributed by atoms with van der Waals surface area (Å²) in [4.78, 5) is 12.2. The molecule has 5 nitrogen and oxygen atoms in total. The molecule has 2 N–H and O–H groups in total. The van der Waals surface area contributed by atoms with Crippen molar-refractivity contribution < 1.29 is 24.5 Å². The monoisotopic (exact) mass is 420 g/mol. The lowest BCUT2D eigenvalue weighted by molar-refractivity contribution is -0.158. The second kappa shape index (κ2) is 8.77. The van der Waals surface area contributed by atoms with Crippen LogP contribution in [0.15, 0.2) is 59.1 Å². The maximum atomic E-state index is 12.2. The van der Waals surface area contributed by atoms with Crippen LogP contribution < -0.4 is 0 Å². The molecule has 1 aliphatic rings. The first-order valence-corrected chi connectivity index (χ1v) is 9.32. The number of halogens is 1. The number of hydrogen-bond acceptors (Lipinski definition) is 5. The molecule has 0 heterocycles. The third kappa shape index (κ3) is 4.71. The largest absolute Gasteiger partial charge is 0.456 e. The summed E-state index contributed by atoms with van der Waals surface area (Å²) in [5.74, 6) is -0.516. The van der Waals surface area contributed by atoms with E-state index >= 15 is 0 Å². The molecule has 2 aromatic carbocycles. The van der Waals surface area contributed by atoms with Gasteiger partial charge in [-0.05, 0) is 42.7 Å². The fourth-order valence-electron chi connectivity index (χ4n) is 2.99. The van der Waals surface area contributed by atoms with Crippen LogP contribution in [0.3, 0.4) is 0 Å². The Hall–Kier alpha value is -1.73. The number of hydrogen-bond donors (Lipinski definition) is 2. The second-order valence-corrected chi connectivity index (χ2v) is 7.26. The van der Waals surface area contributed by atoms with Crippen LogP contribution in [-0.2, 0) is 16.1 Å². The molecule has 6 heteroatoms. The van der Waals surface area contributed by atoms with Crippen molar-refractivity contribution in [3.05, 3.63) is 70.2 Å². The molecule has 0 saturated heterocycles. The number of rotatable bonds is 5. The predicted molar refractivity (Wildman–Crippen MR) is 99.6 cm³/mol. The van der Waals surface area contributed by atoms with Gasteiger partial charge in [0.15, 0.2) is 0 Å². The first-order valence-electron chi connectivity index (χ1n) is 8.53. The van der Waals surface area contributed by atoms with Crippen molar-refractivity contribution in [1.29, 1.82) is 0 Å². The summed E-state index contributed by atoms with van der Waals surface area (Å²) in [6.45, 7) is 0.360. The summed E-state index contributed by atoms with van der Waals surface area (Å²) >= 11 is 3.31. The van der Waals surface area contributed by atoms with Crippen molar-refractivity contribution in [2.24, 2.45) is 0 Å². The van der Waals surface area contributed by atoms with Gasteiger partial charge in [-0.1, -0.05) is 46.3 Å². The van der Waals surface area contributed by atoms with Crippen LogP contribution in [0.2, 0.25) is 0 Å². The zero-order valence-corrected chi connectivity index (χ0v) is 15.7. The number of ether oxygens (including phenoxy) is 2. The van der Waals surface area contributed by atoms with Crippen molar-refractivity contribution in [2.45, 2.75) is 43.9 Å². The zero-order valence-electron chi connectivity index (χ0n) is 14.1. The number of benzene rings is 2. The van der Waals surface area contributed by atoms with E-state index in [-0.39, 0.29) is 0 Å². The lowest BCUT2D eigenvalue weighted by Gasteiger charge is -2.36. The fourth-order valence-corrected chi connectivity index (χ4v) is 3.25. The van der Waals surface area contributed by atoms with Crippen LogP contribution in [0.25, 0.3) is 0 Å². The fraction of sp³-hybridized carbons (Fsp3) is 0.350. The van der Waals surface area contributed by atoms with Crippen molar-refractivity contribution in [2.75, 3.05) is 0 Å². The predicted octanol–water partition coefficient (Wildman–Crippen LogP) is 3.08. The first-order chi connectivity index (χ1) is 12.5. The molecule has 0 bridgehead atoms. The van der Waals surface area contributed by atoms with Gasteiger partial charge < -0.3 is 19.7 Å². The molecular formula is C20H21BrO5. The van der Waals surface area contributed by atoms with Gasteiger partial charge in [0.2, 0.25) is 0 Å². The van der Waals surface area contributed by atoms with E-state index in [0.29, 0.717) is 25.0 Å². The molecule has 1 aliphatic carbocycles. The Kier molecular flexibility index (Phi) is 6.43. The average molecular weight is 421 g/mol. The molecule has 0 radical (unpaired) electrons. The number of esters is 1. The van der Waals surface area contributed by atoms with Gasteiger partial charge in [0.1, 0.15) is 18.3 Å². The minimum absolute atomic E-state index is 0.360. The first kappa shape index (κ1) is 19.0. The smallest absolute Gasteiger partial charge is 0.338 e. The van der Waals surface area contributed by atoms with Crippen molar-refractivity contribution in [3.8, 4) is 0 Å². The van der Waals surface area contributed by atoms with E-state index in [4.69, 9.17) is 9.47 Å². The van der Waals surface area contributed by atoms with E-state index in [2.05, 4.69) is 15.9 Å². The topological polar surface area (TPSA) is 76.0 Å². The molecule has 3 rings (SSSR count). The summed E-state index contributed by atoms with van der Waals surface area (Å²) in [7, 11) is 0. The molecule has 26 heavy (non-hydrogen) atoms. The molecule has 2 aromatic rings. The summed E-state index contributed by atoms with van der Waals surface area (Å²) < 4.78 is 12.0. The summed E-state index contributed by atoms with van der Waals surface area (Å²) in [5.41, 5.74) is 1.40. The van der Waals surface area contributed by atoms with Crippen LogP contribution in [-0.4, -0.2) is 40.6 Å². The minimum Gasteiger partial charge on any atom is -0.456 e. The Morgan fingerprint density at radius 2 is 1.58 bits per heavy atom. The van der Waals surface area contributed by atoms with Crippen molar-refractivity contribution >= 4 is 21.9 Å². The molecule has 0 spiro atoms. The third-order valence-corrected chi connectivity index (χ3v) is 5.02. The van der Waals surface area contributed by atoms with Crippen molar-refractivity contribution in [3.63, 3.8) is 0 Å². The standard InChI is InChI=1S/C20H21BrO5/c21-15-8-6-14(7-9-15)20(24)26-17-11-10-16(18(22)19(17)23)25-12-13-4-2-1-3-5-13/h1-9,16-19,22-23H,10-12H2/t16-,17-,18+,19-/m0/s1. The summed E-state index contributed by atoms with van der Waals surface area (Å²) in [6, 6.07) is 16.4. The van der Waals surface area contributed by atoms with E-state index < -0.39 is 30.4 Å². The molecule has 138 valence electrons. The highest BCUT2D eigenvalue weighted by Crippen LogP contribution is 2.26. The third-order valence-electron chi connectivity index (χ3n) is 4.49. The Morgan fingerprint density at radius 1 is 0.962 bits per heavy atom. The van der Waals surface area contributed by atoms with E-state index in [1.54, 1.807) is 24.3 Å². The minimum atomic E-state index is -1.18. The highest BCUT2D eigenvalue weighted by molar-refractivity contribution is 9.10. The van der Waals surface area contributed by atoms with Gasteiger partial charge >= 0.3 is 5.97 Å². The Labute approximate surface area is 160 Å². The molecular weight excluding hydrogens is 400 g/mol. The molecule has 0 aliphatic heterocycles. The Morgan fingerprint density at radius 3 is 2.27 bits per heavy atom. The van der Waals surface area contributed by atoms with Crippen LogP contribution >= 0.6 is 15.9 Å². The maximum absolute atomic E-state index is 12.2. The molecule has 0 amide bonds. The second-order valence-electron chi connectivity index (χ2n) is 6.34. The number of carbonyl (C=O) groups is 1. The van der Waals surface area contributed by atoms with Gasteiger partial charge in [-0.3, -0.25) is 0 Å². The molecule has 1 fully saturated rings. The van der Waals surface area contributed by atoms with E-state index in [9.17, 15) is 15.0 Å². The normalized spacial score (nSPS) is 25.7. The Balaban J connectivity index is 1.54. The molecule has 0 unspecified atom stereocenters. The van der Waals surface area contributed by atoms with Gasteiger partial charge in [0.25, 0.3) is 0 Å². The highest BCUT2D eigenvalue weighted by atomic mass is 79.9. The van der Waals surface area contributed by atoms with Gasteiger partial charge in [0, 0.05) is 4.47 Å². The maximum Gasteiger partial charge on any atom is 0.338 e. The van der Waals surface area contributed by atoms with Gasteiger partial charge in [-0.2, -0.15) is 0 Å². The zero-order chi connectivity index (χ0) is 18.5.